The molecule has 0 fully saturated rings. The quantitative estimate of drug-likeness (QED) is 0.603. The minimum Gasteiger partial charge on any atom is -0.504 e. The van der Waals surface area contributed by atoms with Crippen LogP contribution in [-0.2, 0) is 11.2 Å². The lowest BCUT2D eigenvalue weighted by Gasteiger charge is -2.10. The number of phenols is 1. The van der Waals surface area contributed by atoms with Gasteiger partial charge in [0.2, 0.25) is 5.91 Å². The van der Waals surface area contributed by atoms with Crippen molar-refractivity contribution in [2.45, 2.75) is 13.3 Å². The van der Waals surface area contributed by atoms with Gasteiger partial charge in [-0.3, -0.25) is 4.79 Å². The van der Waals surface area contributed by atoms with Gasteiger partial charge >= 0.3 is 0 Å². The molecule has 2 aromatic rings. The number of carbonyl (C=O) groups excluding carboxylic acids is 1. The van der Waals surface area contributed by atoms with Gasteiger partial charge in [-0.15, -0.1) is 0 Å². The molecule has 2 aromatic carbocycles. The first kappa shape index (κ1) is 18.1. The summed E-state index contributed by atoms with van der Waals surface area (Å²) in [5.41, 5.74) is 3.42. The van der Waals surface area contributed by atoms with E-state index in [0.717, 1.165) is 5.56 Å². The van der Waals surface area contributed by atoms with E-state index in [2.05, 4.69) is 10.5 Å². The number of hydrogen-bond acceptors (Lipinski definition) is 4. The molecule has 24 heavy (non-hydrogen) atoms. The molecular formula is C17H16Cl2N2O3. The number of halogens is 2. The molecule has 126 valence electrons. The summed E-state index contributed by atoms with van der Waals surface area (Å²) in [6.07, 6.45) is 1.42. The van der Waals surface area contributed by atoms with Crippen LogP contribution >= 0.6 is 23.2 Å². The van der Waals surface area contributed by atoms with Crippen molar-refractivity contribution in [3.8, 4) is 11.5 Å². The average Bonchev–Trinajstić information content (AvgIpc) is 2.57. The maximum Gasteiger partial charge on any atom is 0.244 e. The first-order valence-corrected chi connectivity index (χ1v) is 7.98. The molecule has 0 bridgehead atoms. The van der Waals surface area contributed by atoms with Crippen LogP contribution in [0, 0.1) is 0 Å². The summed E-state index contributed by atoms with van der Waals surface area (Å²) in [6, 6.07) is 10.7. The van der Waals surface area contributed by atoms with Crippen molar-refractivity contribution in [3.63, 3.8) is 0 Å². The molecule has 0 radical (unpaired) electrons. The second kappa shape index (κ2) is 8.57. The number of nitrogens with one attached hydrogen (secondary N) is 1. The number of nitrogens with zero attached hydrogens (tertiary/aromatic N) is 1. The molecule has 7 heteroatoms. The van der Waals surface area contributed by atoms with Crippen LogP contribution in [0.1, 0.15) is 18.1 Å². The molecule has 0 spiro atoms. The molecule has 0 atom stereocenters. The van der Waals surface area contributed by atoms with Crippen LogP contribution in [0.2, 0.25) is 10.0 Å². The molecule has 0 unspecified atom stereocenters. The molecule has 2 N–H and O–H groups in total. The van der Waals surface area contributed by atoms with Gasteiger partial charge in [0.15, 0.2) is 11.5 Å². The Labute approximate surface area is 149 Å². The lowest BCUT2D eigenvalue weighted by Crippen LogP contribution is -2.19. The molecule has 0 saturated carbocycles. The van der Waals surface area contributed by atoms with E-state index >= 15 is 0 Å². The Bertz CT molecular complexity index is 749. The number of phenolic OH excluding ortho intramolecular Hbond substituents is 1. The Hall–Kier alpha value is -2.24. The Morgan fingerprint density at radius 1 is 1.33 bits per heavy atom. The molecule has 0 aliphatic rings. The summed E-state index contributed by atoms with van der Waals surface area (Å²) in [4.78, 5) is 11.8. The second-order valence-corrected chi connectivity index (χ2v) is 5.61. The highest BCUT2D eigenvalue weighted by molar-refractivity contribution is 6.43. The summed E-state index contributed by atoms with van der Waals surface area (Å²) < 4.78 is 5.28. The third-order valence-electron chi connectivity index (χ3n) is 3.08. The Morgan fingerprint density at radius 3 is 2.71 bits per heavy atom. The lowest BCUT2D eigenvalue weighted by atomic mass is 10.1. The molecular weight excluding hydrogens is 351 g/mol. The van der Waals surface area contributed by atoms with Crippen molar-refractivity contribution >= 4 is 35.3 Å². The topological polar surface area (TPSA) is 70.9 Å². The van der Waals surface area contributed by atoms with Gasteiger partial charge in [0.1, 0.15) is 0 Å². The van der Waals surface area contributed by atoms with Crippen LogP contribution in [0.4, 0.5) is 0 Å². The SMILES string of the molecule is CCOc1cc(Cl)c(Cl)c(C=NNC(=O)Cc2ccccc2)c1O. The highest BCUT2D eigenvalue weighted by Gasteiger charge is 2.15. The van der Waals surface area contributed by atoms with Gasteiger partial charge in [-0.1, -0.05) is 53.5 Å². The van der Waals surface area contributed by atoms with Crippen molar-refractivity contribution in [2.75, 3.05) is 6.61 Å². The van der Waals surface area contributed by atoms with E-state index in [4.69, 9.17) is 27.9 Å². The van der Waals surface area contributed by atoms with Gasteiger partial charge in [0, 0.05) is 6.07 Å². The average molecular weight is 367 g/mol. The van der Waals surface area contributed by atoms with Crippen molar-refractivity contribution in [1.29, 1.82) is 0 Å². The van der Waals surface area contributed by atoms with Gasteiger partial charge < -0.3 is 9.84 Å². The number of rotatable bonds is 6. The number of hydrazone groups is 1. The molecule has 0 heterocycles. The van der Waals surface area contributed by atoms with Gasteiger partial charge in [0.05, 0.1) is 34.9 Å². The van der Waals surface area contributed by atoms with Crippen LogP contribution in [0.25, 0.3) is 0 Å². The van der Waals surface area contributed by atoms with Gasteiger partial charge in [-0.2, -0.15) is 5.10 Å². The minimum absolute atomic E-state index is 0.124. The minimum atomic E-state index is -0.292. The Morgan fingerprint density at radius 2 is 2.04 bits per heavy atom. The smallest absolute Gasteiger partial charge is 0.244 e. The highest BCUT2D eigenvalue weighted by atomic mass is 35.5. The molecule has 0 aliphatic carbocycles. The molecule has 0 saturated heterocycles. The van der Waals surface area contributed by atoms with E-state index in [0.29, 0.717) is 6.61 Å². The van der Waals surface area contributed by atoms with E-state index in [9.17, 15) is 9.90 Å². The zero-order chi connectivity index (χ0) is 17.5. The monoisotopic (exact) mass is 366 g/mol. The summed E-state index contributed by atoms with van der Waals surface area (Å²) in [5.74, 6) is -0.281. The lowest BCUT2D eigenvalue weighted by molar-refractivity contribution is -0.120. The van der Waals surface area contributed by atoms with Crippen molar-refractivity contribution < 1.29 is 14.6 Å². The van der Waals surface area contributed by atoms with Gasteiger partial charge in [-0.25, -0.2) is 5.43 Å². The molecule has 1 amide bonds. The maximum atomic E-state index is 11.8. The predicted molar refractivity (Wildman–Crippen MR) is 95.2 cm³/mol. The number of carbonyl (C=O) groups is 1. The largest absolute Gasteiger partial charge is 0.504 e. The summed E-state index contributed by atoms with van der Waals surface area (Å²) in [7, 11) is 0. The van der Waals surface area contributed by atoms with Crippen molar-refractivity contribution in [2.24, 2.45) is 5.10 Å². The number of aromatic hydroxyl groups is 1. The summed E-state index contributed by atoms with van der Waals surface area (Å²) in [6.45, 7) is 2.13. The first-order valence-electron chi connectivity index (χ1n) is 7.22. The fourth-order valence-corrected chi connectivity index (χ4v) is 2.38. The number of hydrogen-bond donors (Lipinski definition) is 2. The van der Waals surface area contributed by atoms with Crippen LogP contribution < -0.4 is 10.2 Å². The zero-order valence-electron chi connectivity index (χ0n) is 12.9. The number of amides is 1. The van der Waals surface area contributed by atoms with Gasteiger partial charge in [-0.05, 0) is 12.5 Å². The Kier molecular flexibility index (Phi) is 6.46. The summed E-state index contributed by atoms with van der Waals surface area (Å²) >= 11 is 12.1. The van der Waals surface area contributed by atoms with Crippen LogP contribution in [-0.4, -0.2) is 23.8 Å². The van der Waals surface area contributed by atoms with E-state index < -0.39 is 0 Å². The zero-order valence-corrected chi connectivity index (χ0v) is 14.4. The fraction of sp³-hybridized carbons (Fsp3) is 0.176. The standard InChI is InChI=1S/C17H16Cl2N2O3/c1-2-24-14-9-13(18)16(19)12(17(14)23)10-20-21-15(22)8-11-6-4-3-5-7-11/h3-7,9-10,23H,2,8H2,1H3,(H,21,22). The molecule has 0 aliphatic heterocycles. The van der Waals surface area contributed by atoms with Gasteiger partial charge in [0.25, 0.3) is 0 Å². The maximum absolute atomic E-state index is 11.8. The van der Waals surface area contributed by atoms with E-state index in [1.165, 1.54) is 12.3 Å². The van der Waals surface area contributed by atoms with E-state index in [-0.39, 0.29) is 39.4 Å². The summed E-state index contributed by atoms with van der Waals surface area (Å²) in [5, 5.41) is 14.3. The molecule has 5 nitrogen and oxygen atoms in total. The third-order valence-corrected chi connectivity index (χ3v) is 3.88. The normalized spacial score (nSPS) is 10.8. The number of benzene rings is 2. The first-order chi connectivity index (χ1) is 11.5. The van der Waals surface area contributed by atoms with Crippen LogP contribution in [0.5, 0.6) is 11.5 Å². The highest BCUT2D eigenvalue weighted by Crippen LogP contribution is 2.39. The van der Waals surface area contributed by atoms with E-state index in [1.807, 2.05) is 30.3 Å². The molecule has 2 rings (SSSR count). The van der Waals surface area contributed by atoms with E-state index in [1.54, 1.807) is 6.92 Å². The molecule has 0 aromatic heterocycles. The van der Waals surface area contributed by atoms with Crippen molar-refractivity contribution in [1.82, 2.24) is 5.43 Å². The number of ether oxygens (including phenoxy) is 1. The van der Waals surface area contributed by atoms with Crippen molar-refractivity contribution in [3.05, 3.63) is 57.6 Å². The van der Waals surface area contributed by atoms with Crippen LogP contribution in [0.3, 0.4) is 0 Å². The third kappa shape index (κ3) is 4.63. The Balaban J connectivity index is 2.10. The predicted octanol–water partition coefficient (Wildman–Crippen LogP) is 3.79. The van der Waals surface area contributed by atoms with Crippen LogP contribution in [0.15, 0.2) is 41.5 Å². The fourth-order valence-electron chi connectivity index (χ4n) is 1.99. The second-order valence-electron chi connectivity index (χ2n) is 4.82.